The second-order valence-corrected chi connectivity index (χ2v) is 5.43. The molecule has 3 nitrogen and oxygen atoms in total. The summed E-state index contributed by atoms with van der Waals surface area (Å²) in [5, 5.41) is 4.58. The Bertz CT molecular complexity index is 555. The lowest BCUT2D eigenvalue weighted by Crippen LogP contribution is -2.31. The molecule has 0 radical (unpaired) electrons. The highest BCUT2D eigenvalue weighted by molar-refractivity contribution is 5.78. The van der Waals surface area contributed by atoms with Crippen molar-refractivity contribution in [1.29, 1.82) is 0 Å². The Morgan fingerprint density at radius 3 is 2.95 bits per heavy atom. The van der Waals surface area contributed by atoms with E-state index in [0.717, 1.165) is 31.0 Å². The van der Waals surface area contributed by atoms with Crippen molar-refractivity contribution in [2.24, 2.45) is 5.92 Å². The van der Waals surface area contributed by atoms with Crippen LogP contribution in [0.5, 0.6) is 0 Å². The molecule has 2 unspecified atom stereocenters. The first-order chi connectivity index (χ1) is 9.28. The first-order valence-corrected chi connectivity index (χ1v) is 7.03. The fourth-order valence-electron chi connectivity index (χ4n) is 2.98. The Morgan fingerprint density at radius 1 is 1.32 bits per heavy atom. The molecule has 0 amide bonds. The number of furan rings is 1. The molecule has 1 N–H and O–H groups in total. The van der Waals surface area contributed by atoms with Gasteiger partial charge in [-0.2, -0.15) is 0 Å². The molecule has 3 rings (SSSR count). The summed E-state index contributed by atoms with van der Waals surface area (Å²) in [7, 11) is 2.00. The van der Waals surface area contributed by atoms with Gasteiger partial charge in [-0.15, -0.1) is 0 Å². The van der Waals surface area contributed by atoms with Crippen molar-refractivity contribution in [1.82, 2.24) is 5.32 Å². The highest BCUT2D eigenvalue weighted by Crippen LogP contribution is 2.32. The number of fused-ring (bicyclic) bond motifs is 1. The van der Waals surface area contributed by atoms with E-state index in [1.54, 1.807) is 0 Å². The lowest BCUT2D eigenvalue weighted by Gasteiger charge is -2.28. The maximum Gasteiger partial charge on any atom is 0.134 e. The van der Waals surface area contributed by atoms with Gasteiger partial charge in [-0.25, -0.2) is 0 Å². The van der Waals surface area contributed by atoms with E-state index in [-0.39, 0.29) is 6.04 Å². The van der Waals surface area contributed by atoms with Gasteiger partial charge in [-0.1, -0.05) is 11.6 Å². The van der Waals surface area contributed by atoms with E-state index in [1.807, 2.05) is 7.05 Å². The molecule has 1 fully saturated rings. The number of hydrogen-bond acceptors (Lipinski definition) is 3. The summed E-state index contributed by atoms with van der Waals surface area (Å²) in [6, 6.07) is 8.73. The van der Waals surface area contributed by atoms with Crippen molar-refractivity contribution in [3.05, 3.63) is 35.6 Å². The van der Waals surface area contributed by atoms with Crippen LogP contribution in [0.1, 0.15) is 30.2 Å². The van der Waals surface area contributed by atoms with Crippen LogP contribution in [-0.2, 0) is 4.74 Å². The highest BCUT2D eigenvalue weighted by atomic mass is 16.5. The van der Waals surface area contributed by atoms with E-state index in [1.165, 1.54) is 17.4 Å². The predicted octanol–water partition coefficient (Wildman–Crippen LogP) is 3.43. The van der Waals surface area contributed by atoms with Gasteiger partial charge >= 0.3 is 0 Å². The molecule has 1 aromatic heterocycles. The average molecular weight is 259 g/mol. The topological polar surface area (TPSA) is 34.4 Å². The summed E-state index contributed by atoms with van der Waals surface area (Å²) < 4.78 is 11.6. The third-order valence-electron chi connectivity index (χ3n) is 3.98. The summed E-state index contributed by atoms with van der Waals surface area (Å²) >= 11 is 0. The molecule has 0 aliphatic carbocycles. The van der Waals surface area contributed by atoms with Crippen LogP contribution in [0.2, 0.25) is 0 Å². The van der Waals surface area contributed by atoms with Crippen LogP contribution in [-0.4, -0.2) is 20.3 Å². The SMILES string of the molecule is CNC(c1cc2cc(C)ccc2o1)C1CCCOC1. The molecule has 19 heavy (non-hydrogen) atoms. The first-order valence-electron chi connectivity index (χ1n) is 7.03. The van der Waals surface area contributed by atoms with Crippen molar-refractivity contribution >= 4 is 11.0 Å². The smallest absolute Gasteiger partial charge is 0.134 e. The van der Waals surface area contributed by atoms with Crippen molar-refractivity contribution in [2.45, 2.75) is 25.8 Å². The second-order valence-electron chi connectivity index (χ2n) is 5.43. The first kappa shape index (κ1) is 12.7. The number of rotatable bonds is 3. The van der Waals surface area contributed by atoms with Crippen molar-refractivity contribution in [2.75, 3.05) is 20.3 Å². The lowest BCUT2D eigenvalue weighted by atomic mass is 9.92. The van der Waals surface area contributed by atoms with Gasteiger partial charge in [-0.3, -0.25) is 0 Å². The molecular formula is C16H21NO2. The molecule has 1 aliphatic rings. The molecule has 3 heteroatoms. The normalized spacial score (nSPS) is 21.7. The monoisotopic (exact) mass is 259 g/mol. The van der Waals surface area contributed by atoms with Gasteiger partial charge in [-0.05, 0) is 45.0 Å². The van der Waals surface area contributed by atoms with E-state index < -0.39 is 0 Å². The van der Waals surface area contributed by atoms with Crippen LogP contribution in [0.25, 0.3) is 11.0 Å². The fraction of sp³-hybridized carbons (Fsp3) is 0.500. The van der Waals surface area contributed by atoms with Gasteiger partial charge < -0.3 is 14.5 Å². The Hall–Kier alpha value is -1.32. The molecule has 2 aromatic rings. The number of nitrogens with one attached hydrogen (secondary N) is 1. The second kappa shape index (κ2) is 5.35. The molecule has 2 atom stereocenters. The third kappa shape index (κ3) is 2.53. The molecule has 0 saturated carbocycles. The number of hydrogen-bond donors (Lipinski definition) is 1. The molecule has 1 aromatic carbocycles. The highest BCUT2D eigenvalue weighted by Gasteiger charge is 2.27. The summed E-state index contributed by atoms with van der Waals surface area (Å²) in [6.07, 6.45) is 2.34. The Labute approximate surface area is 113 Å². The molecule has 1 aliphatic heterocycles. The van der Waals surface area contributed by atoms with E-state index in [0.29, 0.717) is 5.92 Å². The Morgan fingerprint density at radius 2 is 2.21 bits per heavy atom. The zero-order valence-electron chi connectivity index (χ0n) is 11.6. The zero-order chi connectivity index (χ0) is 13.2. The van der Waals surface area contributed by atoms with Gasteiger partial charge in [0.25, 0.3) is 0 Å². The van der Waals surface area contributed by atoms with E-state index in [2.05, 4.69) is 36.5 Å². The maximum absolute atomic E-state index is 6.01. The Kier molecular flexibility index (Phi) is 3.58. The minimum Gasteiger partial charge on any atom is -0.459 e. The van der Waals surface area contributed by atoms with Gasteiger partial charge in [0.1, 0.15) is 11.3 Å². The molecule has 102 valence electrons. The fourth-order valence-corrected chi connectivity index (χ4v) is 2.98. The number of benzene rings is 1. The largest absolute Gasteiger partial charge is 0.459 e. The quantitative estimate of drug-likeness (QED) is 0.917. The Balaban J connectivity index is 1.91. The summed E-state index contributed by atoms with van der Waals surface area (Å²) in [5.41, 5.74) is 2.24. The van der Waals surface area contributed by atoms with Gasteiger partial charge in [0.05, 0.1) is 12.6 Å². The lowest BCUT2D eigenvalue weighted by molar-refractivity contribution is 0.0371. The summed E-state index contributed by atoms with van der Waals surface area (Å²) in [4.78, 5) is 0. The zero-order valence-corrected chi connectivity index (χ0v) is 11.6. The number of aryl methyl sites for hydroxylation is 1. The van der Waals surface area contributed by atoms with Gasteiger partial charge in [0.15, 0.2) is 0 Å². The van der Waals surface area contributed by atoms with E-state index in [9.17, 15) is 0 Å². The van der Waals surface area contributed by atoms with Crippen LogP contribution in [0.3, 0.4) is 0 Å². The molecule has 0 bridgehead atoms. The maximum atomic E-state index is 6.01. The van der Waals surface area contributed by atoms with E-state index >= 15 is 0 Å². The molecule has 0 spiro atoms. The van der Waals surface area contributed by atoms with Crippen LogP contribution in [0.15, 0.2) is 28.7 Å². The molecule has 2 heterocycles. The van der Waals surface area contributed by atoms with Crippen LogP contribution >= 0.6 is 0 Å². The molecular weight excluding hydrogens is 238 g/mol. The van der Waals surface area contributed by atoms with Crippen molar-refractivity contribution in [3.8, 4) is 0 Å². The average Bonchev–Trinajstić information content (AvgIpc) is 2.83. The molecule has 1 saturated heterocycles. The van der Waals surface area contributed by atoms with Gasteiger partial charge in [0, 0.05) is 17.9 Å². The van der Waals surface area contributed by atoms with Crippen molar-refractivity contribution < 1.29 is 9.15 Å². The van der Waals surface area contributed by atoms with Crippen molar-refractivity contribution in [3.63, 3.8) is 0 Å². The van der Waals surface area contributed by atoms with Crippen LogP contribution < -0.4 is 5.32 Å². The van der Waals surface area contributed by atoms with Crippen LogP contribution in [0.4, 0.5) is 0 Å². The van der Waals surface area contributed by atoms with Gasteiger partial charge in [0.2, 0.25) is 0 Å². The number of ether oxygens (including phenoxy) is 1. The minimum absolute atomic E-state index is 0.244. The van der Waals surface area contributed by atoms with E-state index in [4.69, 9.17) is 9.15 Å². The summed E-state index contributed by atoms with van der Waals surface area (Å²) in [5.74, 6) is 1.53. The standard InChI is InChI=1S/C16H21NO2/c1-11-5-6-14-13(8-11)9-15(19-14)16(17-2)12-4-3-7-18-10-12/h5-6,8-9,12,16-17H,3-4,7,10H2,1-2H3. The minimum atomic E-state index is 0.244. The summed E-state index contributed by atoms with van der Waals surface area (Å²) in [6.45, 7) is 3.82. The third-order valence-corrected chi connectivity index (χ3v) is 3.98. The predicted molar refractivity (Wildman–Crippen MR) is 76.3 cm³/mol. The van der Waals surface area contributed by atoms with Crippen LogP contribution in [0, 0.1) is 12.8 Å².